The maximum atomic E-state index is 11.5. The van der Waals surface area contributed by atoms with Crippen molar-refractivity contribution in [1.29, 1.82) is 5.26 Å². The zero-order valence-electron chi connectivity index (χ0n) is 12.1. The van der Waals surface area contributed by atoms with Crippen molar-refractivity contribution in [1.82, 2.24) is 0 Å². The van der Waals surface area contributed by atoms with Crippen LogP contribution in [0.1, 0.15) is 29.1 Å². The van der Waals surface area contributed by atoms with E-state index in [-0.39, 0.29) is 4.88 Å². The van der Waals surface area contributed by atoms with Crippen LogP contribution in [0, 0.1) is 17.2 Å². The van der Waals surface area contributed by atoms with E-state index in [4.69, 9.17) is 11.6 Å². The third kappa shape index (κ3) is 3.64. The Morgan fingerprint density at radius 2 is 2.05 bits per heavy atom. The lowest BCUT2D eigenvalue weighted by molar-refractivity contribution is 0.0703. The lowest BCUT2D eigenvalue weighted by Crippen LogP contribution is -1.95. The number of carboxylic acids is 1. The molecule has 0 radical (unpaired) electrons. The van der Waals surface area contributed by atoms with Gasteiger partial charge in [-0.1, -0.05) is 37.6 Å². The first-order valence-electron chi connectivity index (χ1n) is 6.63. The number of halogens is 1. The maximum absolute atomic E-state index is 11.5. The average molecular weight is 352 g/mol. The van der Waals surface area contributed by atoms with Crippen LogP contribution in [0.5, 0.6) is 0 Å². The highest BCUT2D eigenvalue weighted by Gasteiger charge is 2.24. The van der Waals surface area contributed by atoms with Gasteiger partial charge in [0.25, 0.3) is 0 Å². The summed E-state index contributed by atoms with van der Waals surface area (Å²) >= 11 is 8.59. The Bertz CT molecular complexity index is 730. The highest BCUT2D eigenvalue weighted by Crippen LogP contribution is 2.42. The van der Waals surface area contributed by atoms with Crippen molar-refractivity contribution in [3.63, 3.8) is 0 Å². The number of nitrogens with zero attached hydrogens (tertiary/aromatic N) is 1. The third-order valence-electron chi connectivity index (χ3n) is 2.86. The Kier molecular flexibility index (Phi) is 5.52. The Labute approximate surface area is 142 Å². The Balaban J connectivity index is 2.57. The first kappa shape index (κ1) is 16.9. The summed E-state index contributed by atoms with van der Waals surface area (Å²) in [6, 6.07) is 9.05. The molecular weight excluding hydrogens is 338 g/mol. The van der Waals surface area contributed by atoms with Crippen LogP contribution < -0.4 is 0 Å². The van der Waals surface area contributed by atoms with Gasteiger partial charge in [-0.05, 0) is 23.6 Å². The minimum Gasteiger partial charge on any atom is -0.477 e. The first-order chi connectivity index (χ1) is 10.4. The van der Waals surface area contributed by atoms with Gasteiger partial charge in [-0.15, -0.1) is 23.1 Å². The lowest BCUT2D eigenvalue weighted by atomic mass is 10.0. The van der Waals surface area contributed by atoms with E-state index in [1.807, 2.05) is 0 Å². The molecule has 1 aromatic carbocycles. The van der Waals surface area contributed by atoms with Gasteiger partial charge in [-0.3, -0.25) is 0 Å². The predicted octanol–water partition coefficient (Wildman–Crippen LogP) is 5.39. The molecule has 2 rings (SSSR count). The summed E-state index contributed by atoms with van der Waals surface area (Å²) in [5, 5.41) is 19.5. The van der Waals surface area contributed by atoms with Crippen LogP contribution in [-0.4, -0.2) is 16.8 Å². The summed E-state index contributed by atoms with van der Waals surface area (Å²) in [5.41, 5.74) is 1.63. The molecular formula is C16H14ClNO2S2. The minimum absolute atomic E-state index is 0.199. The number of nitriles is 1. The SMILES string of the molecule is CC(C)CSc1sc(C(=O)O)c(-c2ccc(Cl)cc2)c1C#N. The fourth-order valence-electron chi connectivity index (χ4n) is 1.90. The second-order valence-electron chi connectivity index (χ2n) is 5.10. The van der Waals surface area contributed by atoms with Crippen molar-refractivity contribution in [3.8, 4) is 17.2 Å². The molecule has 0 atom stereocenters. The van der Waals surface area contributed by atoms with E-state index in [0.717, 1.165) is 9.96 Å². The predicted molar refractivity (Wildman–Crippen MR) is 92.0 cm³/mol. The molecule has 0 saturated carbocycles. The van der Waals surface area contributed by atoms with E-state index in [1.165, 1.54) is 23.1 Å². The van der Waals surface area contributed by atoms with E-state index in [9.17, 15) is 15.2 Å². The van der Waals surface area contributed by atoms with Crippen LogP contribution in [0.15, 0.2) is 28.5 Å². The molecule has 0 aliphatic heterocycles. The van der Waals surface area contributed by atoms with E-state index in [2.05, 4.69) is 19.9 Å². The van der Waals surface area contributed by atoms with Gasteiger partial charge in [-0.25, -0.2) is 4.79 Å². The number of aromatic carboxylic acids is 1. The second kappa shape index (κ2) is 7.19. The van der Waals surface area contributed by atoms with Gasteiger partial charge in [0.1, 0.15) is 10.9 Å². The Hall–Kier alpha value is -1.48. The number of hydrogen-bond donors (Lipinski definition) is 1. The molecule has 1 N–H and O–H groups in total. The van der Waals surface area contributed by atoms with E-state index in [0.29, 0.717) is 27.6 Å². The summed E-state index contributed by atoms with van der Waals surface area (Å²) in [6.07, 6.45) is 0. The maximum Gasteiger partial charge on any atom is 0.346 e. The molecule has 6 heteroatoms. The van der Waals surface area contributed by atoms with Crippen molar-refractivity contribution in [2.45, 2.75) is 18.1 Å². The topological polar surface area (TPSA) is 61.1 Å². The minimum atomic E-state index is -1.01. The fourth-order valence-corrected chi connectivity index (χ4v) is 4.34. The number of carbonyl (C=O) groups is 1. The van der Waals surface area contributed by atoms with Gasteiger partial charge in [0, 0.05) is 16.3 Å². The van der Waals surface area contributed by atoms with Gasteiger partial charge < -0.3 is 5.11 Å². The second-order valence-corrected chi connectivity index (χ2v) is 7.84. The largest absolute Gasteiger partial charge is 0.477 e. The Morgan fingerprint density at radius 3 is 2.55 bits per heavy atom. The first-order valence-corrected chi connectivity index (χ1v) is 8.81. The number of hydrogen-bond acceptors (Lipinski definition) is 4. The van der Waals surface area contributed by atoms with Gasteiger partial charge in [0.2, 0.25) is 0 Å². The molecule has 0 saturated heterocycles. The van der Waals surface area contributed by atoms with Crippen molar-refractivity contribution in [2.24, 2.45) is 5.92 Å². The van der Waals surface area contributed by atoms with Crippen molar-refractivity contribution in [3.05, 3.63) is 39.7 Å². The summed E-state index contributed by atoms with van der Waals surface area (Å²) in [5.74, 6) is 0.294. The van der Waals surface area contributed by atoms with Crippen molar-refractivity contribution in [2.75, 3.05) is 5.75 Å². The van der Waals surface area contributed by atoms with Gasteiger partial charge >= 0.3 is 5.97 Å². The monoisotopic (exact) mass is 351 g/mol. The van der Waals surface area contributed by atoms with Crippen LogP contribution in [0.2, 0.25) is 5.02 Å². The van der Waals surface area contributed by atoms with Crippen LogP contribution in [0.3, 0.4) is 0 Å². The molecule has 0 unspecified atom stereocenters. The van der Waals surface area contributed by atoms with Crippen LogP contribution in [0.4, 0.5) is 0 Å². The van der Waals surface area contributed by atoms with E-state index >= 15 is 0 Å². The van der Waals surface area contributed by atoms with Crippen LogP contribution in [-0.2, 0) is 0 Å². The highest BCUT2D eigenvalue weighted by molar-refractivity contribution is 8.01. The van der Waals surface area contributed by atoms with Gasteiger partial charge in [-0.2, -0.15) is 5.26 Å². The molecule has 22 heavy (non-hydrogen) atoms. The van der Waals surface area contributed by atoms with Gasteiger partial charge in [0.15, 0.2) is 0 Å². The number of thioether (sulfide) groups is 1. The summed E-state index contributed by atoms with van der Waals surface area (Å²) in [4.78, 5) is 11.7. The molecule has 2 aromatic rings. The molecule has 114 valence electrons. The molecule has 1 aromatic heterocycles. The molecule has 0 spiro atoms. The fraction of sp³-hybridized carbons (Fsp3) is 0.250. The van der Waals surface area contributed by atoms with E-state index in [1.54, 1.807) is 24.3 Å². The Morgan fingerprint density at radius 1 is 1.41 bits per heavy atom. The molecule has 3 nitrogen and oxygen atoms in total. The van der Waals surface area contributed by atoms with Crippen LogP contribution in [0.25, 0.3) is 11.1 Å². The van der Waals surface area contributed by atoms with Crippen molar-refractivity contribution < 1.29 is 9.90 Å². The zero-order valence-corrected chi connectivity index (χ0v) is 14.5. The summed E-state index contributed by atoms with van der Waals surface area (Å²) in [7, 11) is 0. The molecule has 0 amide bonds. The van der Waals surface area contributed by atoms with Crippen LogP contribution >= 0.6 is 34.7 Å². The molecule has 1 heterocycles. The molecule has 0 aliphatic carbocycles. The zero-order chi connectivity index (χ0) is 16.3. The van der Waals surface area contributed by atoms with E-state index < -0.39 is 5.97 Å². The average Bonchev–Trinajstić information content (AvgIpc) is 2.84. The number of benzene rings is 1. The third-order valence-corrected chi connectivity index (χ3v) is 5.99. The van der Waals surface area contributed by atoms with Gasteiger partial charge in [0.05, 0.1) is 9.77 Å². The number of thiophene rings is 1. The smallest absolute Gasteiger partial charge is 0.346 e. The summed E-state index contributed by atoms with van der Waals surface area (Å²) in [6.45, 7) is 4.18. The highest BCUT2D eigenvalue weighted by atomic mass is 35.5. The molecule has 0 fully saturated rings. The lowest BCUT2D eigenvalue weighted by Gasteiger charge is -2.04. The standard InChI is InChI=1S/C16H14ClNO2S2/c1-9(2)8-21-16-12(7-18)13(14(22-16)15(19)20)10-3-5-11(17)6-4-10/h3-6,9H,8H2,1-2H3,(H,19,20). The number of rotatable bonds is 5. The quantitative estimate of drug-likeness (QED) is 0.734. The number of carboxylic acid groups (broad SMARTS) is 1. The molecule has 0 aliphatic rings. The van der Waals surface area contributed by atoms with Crippen molar-refractivity contribution >= 4 is 40.7 Å². The summed E-state index contributed by atoms with van der Waals surface area (Å²) < 4.78 is 0.763. The normalized spacial score (nSPS) is 10.7. The molecule has 0 bridgehead atoms.